The number of β-amino-alcohol motifs (C(OH)–C–C–N with tert-alkyl or cyclic N) is 1. The Morgan fingerprint density at radius 1 is 0.450 bits per heavy atom. The van der Waals surface area contributed by atoms with Crippen LogP contribution in [0.5, 0.6) is 34.9 Å². The molecule has 7 heterocycles. The maximum atomic E-state index is 14.7. The molecular formula is C107H164B6Cl4N10O22. The first-order chi connectivity index (χ1) is 67.4. The summed E-state index contributed by atoms with van der Waals surface area (Å²) in [6, 6.07) is 12.8. The number of nitrogens with one attached hydrogen (secondary N) is 1. The van der Waals surface area contributed by atoms with E-state index in [1.807, 2.05) is 61.5 Å². The predicted molar refractivity (Wildman–Crippen MR) is 593 cm³/mol. The first-order valence-corrected chi connectivity index (χ1v) is 51.5. The quantitative estimate of drug-likeness (QED) is 0.0139. The number of carbonyl (C=O) groups is 8. The first-order valence-electron chi connectivity index (χ1n) is 50.4. The third-order valence-electron chi connectivity index (χ3n) is 23.8. The molecule has 3 aromatic heterocycles. The molecule has 5 fully saturated rings. The average molecular weight is 2150 g/mol. The van der Waals surface area contributed by atoms with Crippen molar-refractivity contribution < 1.29 is 105 Å². The Labute approximate surface area is 912 Å². The number of likely N-dealkylation sites (tertiary alicyclic amines) is 3. The summed E-state index contributed by atoms with van der Waals surface area (Å²) in [6.45, 7) is 59.2. The number of benzene rings is 3. The molecule has 0 unspecified atom stereocenters. The Morgan fingerprint density at radius 3 is 1.11 bits per heavy atom. The van der Waals surface area contributed by atoms with Crippen LogP contribution in [0, 0.1) is 64.6 Å². The Kier molecular flexibility index (Phi) is 50.0. The van der Waals surface area contributed by atoms with Gasteiger partial charge in [0.05, 0.1) is 92.5 Å². The van der Waals surface area contributed by atoms with E-state index in [0.717, 1.165) is 32.1 Å². The summed E-state index contributed by atoms with van der Waals surface area (Å²) in [6.07, 6.45) is 3.35. The Balaban J connectivity index is 0.000000415. The molecule has 2 N–H and O–H groups in total. The van der Waals surface area contributed by atoms with Crippen molar-refractivity contribution in [1.82, 2.24) is 49.9 Å². The fraction of sp³-hybridized carbons (Fsp3) is 0.682. The lowest BCUT2D eigenvalue weighted by atomic mass is 8.81. The van der Waals surface area contributed by atoms with Crippen LogP contribution < -0.4 is 33.7 Å². The smallest absolute Gasteiger partial charge is 0.411 e. The Bertz CT molecular complexity index is 5410. The minimum absolute atomic E-state index is 0. The molecule has 0 bridgehead atoms. The fourth-order valence-corrected chi connectivity index (χ4v) is 18.1. The van der Waals surface area contributed by atoms with E-state index in [4.69, 9.17) is 127 Å². The largest absolute Gasteiger partial charge is 0.497 e. The molecule has 32 nitrogen and oxygen atoms in total. The van der Waals surface area contributed by atoms with Crippen molar-refractivity contribution in [2.45, 2.75) is 362 Å². The highest BCUT2D eigenvalue weighted by atomic mass is 35.5. The highest BCUT2D eigenvalue weighted by Crippen LogP contribution is 2.45. The van der Waals surface area contributed by atoms with E-state index in [1.165, 1.54) is 9.80 Å². The van der Waals surface area contributed by atoms with Gasteiger partial charge in [0.25, 0.3) is 17.6 Å². The molecule has 3 aromatic carbocycles. The molecule has 0 spiro atoms. The maximum Gasteiger partial charge on any atom is 0.411 e. The van der Waals surface area contributed by atoms with Gasteiger partial charge in [0.1, 0.15) is 99.4 Å². The molecule has 6 aromatic rings. The minimum Gasteiger partial charge on any atom is -0.497 e. The summed E-state index contributed by atoms with van der Waals surface area (Å²) in [5, 5.41) is 14.0. The van der Waals surface area contributed by atoms with E-state index in [1.54, 1.807) is 185 Å². The highest BCUT2D eigenvalue weighted by molar-refractivity contribution is 7.76. The third kappa shape index (κ3) is 41.1. The lowest BCUT2D eigenvalue weighted by Crippen LogP contribution is -2.50. The number of hydrogen-bond acceptors (Lipinski definition) is 29. The molecule has 11 rings (SSSR count). The van der Waals surface area contributed by atoms with Crippen molar-refractivity contribution in [3.05, 3.63) is 82.7 Å². The van der Waals surface area contributed by atoms with Crippen LogP contribution in [0.25, 0.3) is 33.1 Å². The van der Waals surface area contributed by atoms with Gasteiger partial charge in [-0.2, -0.15) is 0 Å². The second kappa shape index (κ2) is 56.2. The number of allylic oxidation sites excluding steroid dienone is 1. The van der Waals surface area contributed by atoms with Gasteiger partial charge in [-0.3, -0.25) is 24.2 Å². The first kappa shape index (κ1) is 132. The number of carbonyl (C=O) groups excluding carboxylic acids is 8. The number of unbranched alkanes of at least 4 members (excludes halogenated alkanes) is 1. The standard InChI is InChI=1S/C38H54ClN3O7.C27H38ClN3O6.C22H30ClN3O4.C18H33NO5.2CH4.B6.ClH/c1-11-12-13-14-23-18-29(23)47-31(43)20-26(37(4,5)6)35(44)42-21-30(25(17-22(2)3)32(42)36(45)49-38(7,8)9)48-34-33(39)40-27-16-15-24(46-10)19-28(27)41-34;1-15(2)12-17-20(35-23-22(28)29-18-11-10-16(34-9)13-19(18)30-23)14-31(25(33)37-27(6,7)8)21(17)24(32)36-26(3,4)5;1-12(2)9-14-17(11-24-18(14)21(27)30-22(3,4)5)29-20-19(23)25-15-8-7-13(28-6)10-16(15)26-20;1-11(2)9-12-13(20)10-19(16(22)24-18(6,7)8)14(12)15(21)23-17(3,4)5;;;1-5(2)6(3)4;/h11,15-16,19,22-23,25-26,29-30,32H,1,12-14,17-18,20-21H2,2-10H3;10-11,13,15,17,20-21H,12,14H2,1-9H3;7-8,10,12,14,17-18,24H,9,11H2,1-6H3;11-14,20H,9-10H2,1-8H3;2*1H4;;1H/t23-,25-,26-,29-,30+,32+;17-,20+,21+;14-,17+,18+;12-,13+,14+;;;;/m1111..../s1. The predicted octanol–water partition coefficient (Wildman–Crippen LogP) is 19.7. The highest BCUT2D eigenvalue weighted by Gasteiger charge is 2.57. The third-order valence-corrected chi connectivity index (χ3v) is 24.6. The number of nitrogens with zero attached hydrogens (tertiary/aromatic N) is 9. The van der Waals surface area contributed by atoms with Crippen molar-refractivity contribution in [1.29, 1.82) is 0 Å². The van der Waals surface area contributed by atoms with Crippen LogP contribution in [0.1, 0.15) is 273 Å². The number of aliphatic hydroxyl groups is 1. The molecule has 4 aliphatic heterocycles. The number of hydrogen-bond donors (Lipinski definition) is 2. The zero-order chi connectivity index (χ0) is 110. The number of ether oxygens (including phenoxy) is 13. The van der Waals surface area contributed by atoms with Crippen LogP contribution in [0.15, 0.2) is 67.3 Å². The minimum atomic E-state index is -0.954. The lowest BCUT2D eigenvalue weighted by Gasteiger charge is -2.36. The van der Waals surface area contributed by atoms with E-state index < -0.39 is 142 Å². The number of fused-ring (bicyclic) bond motifs is 3. The van der Waals surface area contributed by atoms with Crippen LogP contribution in [-0.4, -0.2) is 277 Å². The number of esters is 5. The molecule has 149 heavy (non-hydrogen) atoms. The van der Waals surface area contributed by atoms with Gasteiger partial charge in [-0.05, 0) is 247 Å². The summed E-state index contributed by atoms with van der Waals surface area (Å²) in [5.41, 5.74) is -1.24. The van der Waals surface area contributed by atoms with Crippen LogP contribution in [0.2, 0.25) is 15.5 Å². The number of rotatable bonds is 30. The van der Waals surface area contributed by atoms with Crippen LogP contribution in [0.3, 0.4) is 0 Å². The van der Waals surface area contributed by atoms with Crippen LogP contribution >= 0.6 is 47.2 Å². The summed E-state index contributed by atoms with van der Waals surface area (Å²) < 4.78 is 74.6. The van der Waals surface area contributed by atoms with Gasteiger partial charge in [-0.1, -0.05) is 132 Å². The fourth-order valence-electron chi connectivity index (χ4n) is 17.5. The molecule has 1 aliphatic carbocycles. The lowest BCUT2D eigenvalue weighted by molar-refractivity contribution is -0.167. The van der Waals surface area contributed by atoms with Crippen LogP contribution in [-0.2, 0) is 61.9 Å². The number of aromatic nitrogens is 6. The van der Waals surface area contributed by atoms with E-state index >= 15 is 0 Å². The molecule has 4 saturated heterocycles. The molecule has 1 saturated carbocycles. The Morgan fingerprint density at radius 2 is 0.772 bits per heavy atom. The van der Waals surface area contributed by atoms with Gasteiger partial charge in [0, 0.05) is 92.1 Å². The van der Waals surface area contributed by atoms with Crippen molar-refractivity contribution in [3.8, 4) is 34.9 Å². The van der Waals surface area contributed by atoms with Crippen molar-refractivity contribution in [2.75, 3.05) is 47.5 Å². The van der Waals surface area contributed by atoms with Gasteiger partial charge in [-0.15, -0.1) is 19.0 Å². The number of aliphatic hydroxyl groups excluding tert-OH is 1. The monoisotopic (exact) mass is 2150 g/mol. The summed E-state index contributed by atoms with van der Waals surface area (Å²) in [5.74, 6) is -0.761. The summed E-state index contributed by atoms with van der Waals surface area (Å²) in [7, 11) is 24.6. The molecule has 15 atom stereocenters. The topological polar surface area (TPSA) is 376 Å². The van der Waals surface area contributed by atoms with Crippen molar-refractivity contribution in [2.24, 2.45) is 64.6 Å². The van der Waals surface area contributed by atoms with E-state index in [-0.39, 0.29) is 146 Å². The van der Waals surface area contributed by atoms with Crippen molar-refractivity contribution in [3.63, 3.8) is 0 Å². The van der Waals surface area contributed by atoms with Crippen LogP contribution in [0.4, 0.5) is 9.59 Å². The summed E-state index contributed by atoms with van der Waals surface area (Å²) in [4.78, 5) is 138. The zero-order valence-corrected chi connectivity index (χ0v) is 95.3. The SMILES string of the molecule is C.C.C=CCCC[C@@H]1C[C@H]1OC(=O)C[C@H](C(=O)N1C[C@H](Oc2nc3cc(OC)ccc3nc2Cl)[C@@H](CC(C)C)[C@H]1C(=O)OC(C)(C)C)C(C)(C)C.CC(C)C[C@H]1[C@@H](C(=O)OC(C)(C)C)N(C(=O)OC(C)(C)C)C[C@@H]1O.COc1ccc2nc(Cl)c(O[C@H]3CN(C(=O)OC(C)(C)C)[C@H](C(=O)OC(C)(C)C)[C@@H]3CC(C)C)nc2c1.COc1ccc2nc(Cl)c(O[C@H]3CN[C@H](C(=O)OC(C)(C)C)[C@@H]3CC(C)C)nc2c1.Cl.[B]B([B])B([B])[B]. The summed E-state index contributed by atoms with van der Waals surface area (Å²) >= 11 is 19.4. The number of amides is 3. The van der Waals surface area contributed by atoms with E-state index in [2.05, 4.69) is 83.3 Å². The maximum absolute atomic E-state index is 14.7. The second-order valence-corrected chi connectivity index (χ2v) is 47.9. The molecular weight excluding hydrogens is 1980 g/mol. The van der Waals surface area contributed by atoms with Gasteiger partial charge >= 0.3 is 42.0 Å². The number of halogens is 4. The van der Waals surface area contributed by atoms with Gasteiger partial charge in [0.2, 0.25) is 5.91 Å². The molecule has 820 valence electrons. The molecule has 5 aliphatic rings. The molecule has 3 amide bonds. The van der Waals surface area contributed by atoms with Crippen molar-refractivity contribution >= 4 is 172 Å². The second-order valence-electron chi connectivity index (χ2n) is 46.9. The average Bonchev–Trinajstić information content (AvgIpc) is 1.62. The van der Waals surface area contributed by atoms with Gasteiger partial charge in [-0.25, -0.2) is 53.9 Å². The van der Waals surface area contributed by atoms with E-state index in [0.29, 0.717) is 88.0 Å². The molecule has 42 heteroatoms. The van der Waals surface area contributed by atoms with Gasteiger partial charge < -0.3 is 76.9 Å². The molecule has 8 radical (unpaired) electrons. The Hall–Kier alpha value is -8.95. The normalized spacial score (nSPS) is 21.3. The van der Waals surface area contributed by atoms with E-state index in [9.17, 15) is 43.5 Å². The number of methoxy groups -OCH3 is 3. The van der Waals surface area contributed by atoms with Gasteiger partial charge in [0.15, 0.2) is 15.5 Å². The zero-order valence-electron chi connectivity index (χ0n) is 92.2.